The first-order valence-corrected chi connectivity index (χ1v) is 8.97. The minimum Gasteiger partial charge on any atom is -0.454 e. The number of carbonyl (C=O) groups is 1. The van der Waals surface area contributed by atoms with Crippen molar-refractivity contribution in [3.63, 3.8) is 0 Å². The van der Waals surface area contributed by atoms with Crippen LogP contribution in [0.4, 0.5) is 5.69 Å². The Balaban J connectivity index is 1.37. The van der Waals surface area contributed by atoms with E-state index >= 15 is 0 Å². The summed E-state index contributed by atoms with van der Waals surface area (Å²) in [5, 5.41) is 3.40. The molecule has 0 atom stereocenters. The van der Waals surface area contributed by atoms with Gasteiger partial charge in [-0.05, 0) is 18.2 Å². The van der Waals surface area contributed by atoms with Crippen molar-refractivity contribution in [1.82, 2.24) is 9.97 Å². The molecule has 0 unspecified atom stereocenters. The number of hydrogen-bond acceptors (Lipinski definition) is 6. The Bertz CT molecular complexity index is 934. The van der Waals surface area contributed by atoms with Crippen molar-refractivity contribution in [2.45, 2.75) is 5.16 Å². The van der Waals surface area contributed by atoms with Crippen LogP contribution in [0.5, 0.6) is 11.5 Å². The van der Waals surface area contributed by atoms with E-state index in [1.54, 1.807) is 24.4 Å². The first-order chi connectivity index (χ1) is 12.8. The second kappa shape index (κ2) is 7.45. The third-order valence-corrected chi connectivity index (χ3v) is 4.55. The number of carbonyl (C=O) groups excluding carboxylic acids is 1. The van der Waals surface area contributed by atoms with Crippen LogP contribution in [0.15, 0.2) is 66.0 Å². The van der Waals surface area contributed by atoms with Crippen LogP contribution < -0.4 is 14.8 Å². The van der Waals surface area contributed by atoms with Gasteiger partial charge in [0.15, 0.2) is 16.7 Å². The Labute approximate surface area is 154 Å². The van der Waals surface area contributed by atoms with Crippen LogP contribution in [-0.2, 0) is 4.79 Å². The summed E-state index contributed by atoms with van der Waals surface area (Å²) in [6.07, 6.45) is 1.70. The second-order valence-corrected chi connectivity index (χ2v) is 6.44. The summed E-state index contributed by atoms with van der Waals surface area (Å²) >= 11 is 1.29. The number of nitrogens with zero attached hydrogens (tertiary/aromatic N) is 2. The smallest absolute Gasteiger partial charge is 0.234 e. The number of fused-ring (bicyclic) bond motifs is 1. The zero-order valence-corrected chi connectivity index (χ0v) is 14.5. The van der Waals surface area contributed by atoms with E-state index in [0.717, 1.165) is 11.3 Å². The van der Waals surface area contributed by atoms with Crippen molar-refractivity contribution in [3.05, 3.63) is 60.8 Å². The molecular formula is C19H15N3O3S. The number of anilines is 1. The molecule has 26 heavy (non-hydrogen) atoms. The van der Waals surface area contributed by atoms with E-state index in [-0.39, 0.29) is 18.5 Å². The lowest BCUT2D eigenvalue weighted by molar-refractivity contribution is -0.113. The molecule has 0 saturated heterocycles. The normalized spacial score (nSPS) is 12.0. The highest BCUT2D eigenvalue weighted by Gasteiger charge is 2.14. The van der Waals surface area contributed by atoms with E-state index < -0.39 is 0 Å². The standard InChI is InChI=1S/C19H15N3O3S/c23-18(21-14-6-7-16-17(10-14)25-12-24-16)11-26-19-20-9-8-15(22-19)13-4-2-1-3-5-13/h1-10H,11-12H2,(H,21,23). The van der Waals surface area contributed by atoms with Gasteiger partial charge in [0.1, 0.15) is 0 Å². The number of ether oxygens (including phenoxy) is 2. The molecule has 3 aromatic rings. The highest BCUT2D eigenvalue weighted by atomic mass is 32.2. The van der Waals surface area contributed by atoms with Crippen molar-refractivity contribution >= 4 is 23.4 Å². The number of hydrogen-bond donors (Lipinski definition) is 1. The molecule has 1 aliphatic rings. The summed E-state index contributed by atoms with van der Waals surface area (Å²) in [5.41, 5.74) is 2.51. The number of nitrogens with one attached hydrogen (secondary N) is 1. The molecule has 2 aromatic carbocycles. The molecule has 130 valence electrons. The van der Waals surface area contributed by atoms with Crippen LogP contribution in [0.3, 0.4) is 0 Å². The Morgan fingerprint density at radius 3 is 2.81 bits per heavy atom. The van der Waals surface area contributed by atoms with Crippen molar-refractivity contribution in [1.29, 1.82) is 0 Å². The second-order valence-electron chi connectivity index (χ2n) is 5.50. The topological polar surface area (TPSA) is 73.3 Å². The average Bonchev–Trinajstić information content (AvgIpc) is 3.15. The van der Waals surface area contributed by atoms with E-state index in [0.29, 0.717) is 22.3 Å². The third-order valence-electron chi connectivity index (χ3n) is 3.69. The molecule has 1 aromatic heterocycles. The summed E-state index contributed by atoms with van der Waals surface area (Å²) in [4.78, 5) is 20.9. The molecule has 7 heteroatoms. The van der Waals surface area contributed by atoms with Crippen LogP contribution in [0.25, 0.3) is 11.3 Å². The van der Waals surface area contributed by atoms with E-state index in [2.05, 4.69) is 15.3 Å². The van der Waals surface area contributed by atoms with Gasteiger partial charge in [-0.25, -0.2) is 9.97 Å². The minimum absolute atomic E-state index is 0.137. The van der Waals surface area contributed by atoms with Crippen LogP contribution in [0.2, 0.25) is 0 Å². The summed E-state index contributed by atoms with van der Waals surface area (Å²) < 4.78 is 10.6. The van der Waals surface area contributed by atoms with E-state index in [9.17, 15) is 4.79 Å². The molecule has 2 heterocycles. The highest BCUT2D eigenvalue weighted by molar-refractivity contribution is 7.99. The van der Waals surface area contributed by atoms with Gasteiger partial charge >= 0.3 is 0 Å². The van der Waals surface area contributed by atoms with Gasteiger partial charge in [0, 0.05) is 23.5 Å². The van der Waals surface area contributed by atoms with Gasteiger partial charge < -0.3 is 14.8 Å². The number of rotatable bonds is 5. The fourth-order valence-corrected chi connectivity index (χ4v) is 3.11. The first kappa shape index (κ1) is 16.4. The van der Waals surface area contributed by atoms with Crippen LogP contribution in [0, 0.1) is 0 Å². The van der Waals surface area contributed by atoms with Gasteiger partial charge in [0.25, 0.3) is 0 Å². The van der Waals surface area contributed by atoms with Crippen molar-refractivity contribution in [3.8, 4) is 22.8 Å². The summed E-state index contributed by atoms with van der Waals surface area (Å²) in [5.74, 6) is 1.40. The van der Waals surface area contributed by atoms with Crippen LogP contribution in [-0.4, -0.2) is 28.4 Å². The molecule has 1 amide bonds. The maximum Gasteiger partial charge on any atom is 0.234 e. The Hall–Kier alpha value is -3.06. The zero-order chi connectivity index (χ0) is 17.8. The lowest BCUT2D eigenvalue weighted by Crippen LogP contribution is -2.14. The van der Waals surface area contributed by atoms with Crippen molar-refractivity contribution in [2.24, 2.45) is 0 Å². The summed E-state index contributed by atoms with van der Waals surface area (Å²) in [6, 6.07) is 17.0. The van der Waals surface area contributed by atoms with Crippen molar-refractivity contribution in [2.75, 3.05) is 17.9 Å². The molecule has 1 N–H and O–H groups in total. The van der Waals surface area contributed by atoms with Gasteiger partial charge in [-0.2, -0.15) is 0 Å². The molecule has 0 spiro atoms. The van der Waals surface area contributed by atoms with E-state index in [1.807, 2.05) is 36.4 Å². The Morgan fingerprint density at radius 2 is 1.92 bits per heavy atom. The molecule has 0 fully saturated rings. The first-order valence-electron chi connectivity index (χ1n) is 7.99. The van der Waals surface area contributed by atoms with Gasteiger partial charge in [-0.1, -0.05) is 42.1 Å². The number of thioether (sulfide) groups is 1. The van der Waals surface area contributed by atoms with Crippen LogP contribution in [0.1, 0.15) is 0 Å². The average molecular weight is 365 g/mol. The highest BCUT2D eigenvalue weighted by Crippen LogP contribution is 2.34. The predicted octanol–water partition coefficient (Wildman–Crippen LogP) is 3.60. The molecule has 1 aliphatic heterocycles. The van der Waals surface area contributed by atoms with Crippen LogP contribution >= 0.6 is 11.8 Å². The van der Waals surface area contributed by atoms with Gasteiger partial charge in [-0.15, -0.1) is 0 Å². The van der Waals surface area contributed by atoms with Gasteiger partial charge in [0.2, 0.25) is 12.7 Å². The number of amides is 1. The zero-order valence-electron chi connectivity index (χ0n) is 13.7. The lowest BCUT2D eigenvalue weighted by atomic mass is 10.1. The van der Waals surface area contributed by atoms with Gasteiger partial charge in [0.05, 0.1) is 11.4 Å². The largest absolute Gasteiger partial charge is 0.454 e. The molecule has 0 radical (unpaired) electrons. The monoisotopic (exact) mass is 365 g/mol. The molecule has 6 nitrogen and oxygen atoms in total. The fourth-order valence-electron chi connectivity index (χ4n) is 2.48. The van der Waals surface area contributed by atoms with Crippen molar-refractivity contribution < 1.29 is 14.3 Å². The SMILES string of the molecule is O=C(CSc1nccc(-c2ccccc2)n1)Nc1ccc2c(c1)OCO2. The van der Waals surface area contributed by atoms with E-state index in [1.165, 1.54) is 11.8 Å². The van der Waals surface area contributed by atoms with Gasteiger partial charge in [-0.3, -0.25) is 4.79 Å². The Morgan fingerprint density at radius 1 is 1.08 bits per heavy atom. The summed E-state index contributed by atoms with van der Waals surface area (Å²) in [6.45, 7) is 0.206. The maximum absolute atomic E-state index is 12.2. The Kier molecular flexibility index (Phi) is 4.70. The summed E-state index contributed by atoms with van der Waals surface area (Å²) in [7, 11) is 0. The molecule has 0 bridgehead atoms. The lowest BCUT2D eigenvalue weighted by Gasteiger charge is -2.06. The quantitative estimate of drug-likeness (QED) is 0.550. The number of benzene rings is 2. The molecule has 0 aliphatic carbocycles. The predicted molar refractivity (Wildman–Crippen MR) is 99.4 cm³/mol. The molecular weight excluding hydrogens is 350 g/mol. The third kappa shape index (κ3) is 3.78. The fraction of sp³-hybridized carbons (Fsp3) is 0.105. The minimum atomic E-state index is -0.137. The molecule has 4 rings (SSSR count). The van der Waals surface area contributed by atoms with E-state index in [4.69, 9.17) is 9.47 Å². The molecule has 0 saturated carbocycles. The maximum atomic E-state index is 12.2. The number of aromatic nitrogens is 2.